The zero-order valence-electron chi connectivity index (χ0n) is 8.30. The van der Waals surface area contributed by atoms with Gasteiger partial charge in [-0.1, -0.05) is 0 Å². The van der Waals surface area contributed by atoms with Gasteiger partial charge in [0.2, 0.25) is 5.91 Å². The average molecular weight is 202 g/mol. The molecule has 1 aliphatic rings. The topological polar surface area (TPSA) is 55.1 Å². The molecular weight excluding hydrogens is 184 g/mol. The second-order valence-corrected chi connectivity index (χ2v) is 5.27. The first-order valence-electron chi connectivity index (χ1n) is 4.65. The Bertz CT molecular complexity index is 188. The number of thioether (sulfide) groups is 1. The van der Waals surface area contributed by atoms with Crippen LogP contribution in [0.2, 0.25) is 0 Å². The molecule has 1 heterocycles. The van der Waals surface area contributed by atoms with Gasteiger partial charge in [0.15, 0.2) is 0 Å². The molecule has 3 N–H and O–H groups in total. The van der Waals surface area contributed by atoms with Crippen molar-refractivity contribution in [2.75, 3.05) is 18.1 Å². The summed E-state index contributed by atoms with van der Waals surface area (Å²) in [4.78, 5) is 11.7. The first kappa shape index (κ1) is 10.9. The molecule has 1 unspecified atom stereocenters. The number of nitrogens with two attached hydrogens (primary N) is 1. The lowest BCUT2D eigenvalue weighted by molar-refractivity contribution is -0.129. The number of nitrogens with one attached hydrogen (secondary N) is 1. The Morgan fingerprint density at radius 3 is 2.85 bits per heavy atom. The predicted octanol–water partition coefficient (Wildman–Crippen LogP) is 0.593. The fourth-order valence-corrected chi connectivity index (χ4v) is 2.27. The Hall–Kier alpha value is -0.220. The highest BCUT2D eigenvalue weighted by Gasteiger charge is 2.28. The predicted molar refractivity (Wildman–Crippen MR) is 56.7 cm³/mol. The molecule has 0 radical (unpaired) electrons. The Morgan fingerprint density at radius 1 is 1.69 bits per heavy atom. The zero-order chi connectivity index (χ0) is 9.90. The van der Waals surface area contributed by atoms with E-state index in [1.54, 1.807) is 0 Å². The van der Waals surface area contributed by atoms with E-state index in [9.17, 15) is 4.79 Å². The lowest BCUT2D eigenvalue weighted by atomic mass is 9.92. The van der Waals surface area contributed by atoms with Gasteiger partial charge in [0.25, 0.3) is 0 Å². The summed E-state index contributed by atoms with van der Waals surface area (Å²) < 4.78 is 0. The van der Waals surface area contributed by atoms with E-state index in [0.29, 0.717) is 12.6 Å². The van der Waals surface area contributed by atoms with E-state index >= 15 is 0 Å². The van der Waals surface area contributed by atoms with Crippen molar-refractivity contribution in [2.45, 2.75) is 26.3 Å². The van der Waals surface area contributed by atoms with Gasteiger partial charge in [0, 0.05) is 18.3 Å². The summed E-state index contributed by atoms with van der Waals surface area (Å²) in [5.41, 5.74) is 5.09. The van der Waals surface area contributed by atoms with E-state index in [-0.39, 0.29) is 5.91 Å². The fraction of sp³-hybridized carbons (Fsp3) is 0.889. The summed E-state index contributed by atoms with van der Waals surface area (Å²) >= 11 is 1.90. The largest absolute Gasteiger partial charge is 0.352 e. The average Bonchev–Trinajstić information content (AvgIpc) is 2.57. The maximum atomic E-state index is 11.7. The van der Waals surface area contributed by atoms with E-state index in [2.05, 4.69) is 5.32 Å². The van der Waals surface area contributed by atoms with E-state index in [1.807, 2.05) is 25.6 Å². The molecule has 0 aromatic rings. The van der Waals surface area contributed by atoms with Gasteiger partial charge in [-0.05, 0) is 26.0 Å². The minimum Gasteiger partial charge on any atom is -0.352 e. The van der Waals surface area contributed by atoms with Gasteiger partial charge in [-0.3, -0.25) is 4.79 Å². The van der Waals surface area contributed by atoms with Gasteiger partial charge in [0.1, 0.15) is 0 Å². The summed E-state index contributed by atoms with van der Waals surface area (Å²) in [5.74, 6) is 2.29. The number of carbonyl (C=O) groups is 1. The quantitative estimate of drug-likeness (QED) is 0.704. The van der Waals surface area contributed by atoms with Crippen LogP contribution in [0.3, 0.4) is 0 Å². The zero-order valence-corrected chi connectivity index (χ0v) is 9.12. The second-order valence-electron chi connectivity index (χ2n) is 4.12. The van der Waals surface area contributed by atoms with Crippen LogP contribution in [0.4, 0.5) is 0 Å². The van der Waals surface area contributed by atoms with Crippen LogP contribution in [0.5, 0.6) is 0 Å². The molecule has 1 saturated heterocycles. The van der Waals surface area contributed by atoms with Gasteiger partial charge in [-0.15, -0.1) is 0 Å². The van der Waals surface area contributed by atoms with Crippen molar-refractivity contribution in [3.8, 4) is 0 Å². The van der Waals surface area contributed by atoms with Crippen molar-refractivity contribution in [1.82, 2.24) is 5.32 Å². The van der Waals surface area contributed by atoms with Crippen LogP contribution in [0.1, 0.15) is 20.3 Å². The molecule has 13 heavy (non-hydrogen) atoms. The molecule has 0 saturated carbocycles. The van der Waals surface area contributed by atoms with E-state index in [4.69, 9.17) is 5.73 Å². The number of hydrogen-bond donors (Lipinski definition) is 2. The van der Waals surface area contributed by atoms with Gasteiger partial charge in [-0.2, -0.15) is 11.8 Å². The minimum atomic E-state index is -0.423. The van der Waals surface area contributed by atoms with Gasteiger partial charge in [0.05, 0.1) is 5.41 Å². The highest BCUT2D eigenvalue weighted by atomic mass is 32.2. The SMILES string of the molecule is CC(C)(CN)C(=O)NC1CCSC1. The van der Waals surface area contributed by atoms with Gasteiger partial charge in [-0.25, -0.2) is 0 Å². The summed E-state index contributed by atoms with van der Waals surface area (Å²) in [5, 5.41) is 3.03. The van der Waals surface area contributed by atoms with Crippen LogP contribution in [0, 0.1) is 5.41 Å². The first-order chi connectivity index (χ1) is 6.06. The molecule has 76 valence electrons. The molecule has 0 bridgehead atoms. The Balaban J connectivity index is 2.39. The third kappa shape index (κ3) is 2.88. The summed E-state index contributed by atoms with van der Waals surface area (Å²) in [6.45, 7) is 4.16. The molecule has 1 rings (SSSR count). The number of amides is 1. The van der Waals surface area contributed by atoms with Gasteiger partial charge >= 0.3 is 0 Å². The normalized spacial score (nSPS) is 23.2. The third-order valence-electron chi connectivity index (χ3n) is 2.39. The van der Waals surface area contributed by atoms with Crippen molar-refractivity contribution in [3.63, 3.8) is 0 Å². The molecule has 0 aromatic heterocycles. The van der Waals surface area contributed by atoms with Crippen molar-refractivity contribution in [3.05, 3.63) is 0 Å². The number of carbonyl (C=O) groups excluding carboxylic acids is 1. The molecular formula is C9H18N2OS. The monoisotopic (exact) mass is 202 g/mol. The highest BCUT2D eigenvalue weighted by molar-refractivity contribution is 7.99. The Labute approximate surface area is 83.8 Å². The molecule has 1 atom stereocenters. The van der Waals surface area contributed by atoms with Crippen LogP contribution in [-0.4, -0.2) is 30.0 Å². The third-order valence-corrected chi connectivity index (χ3v) is 3.55. The van der Waals surface area contributed by atoms with Crippen molar-refractivity contribution >= 4 is 17.7 Å². The Morgan fingerprint density at radius 2 is 2.38 bits per heavy atom. The highest BCUT2D eigenvalue weighted by Crippen LogP contribution is 2.19. The molecule has 1 fully saturated rings. The molecule has 3 nitrogen and oxygen atoms in total. The maximum Gasteiger partial charge on any atom is 0.227 e. The lowest BCUT2D eigenvalue weighted by Gasteiger charge is -2.23. The van der Waals surface area contributed by atoms with Crippen LogP contribution in [0.15, 0.2) is 0 Å². The molecule has 1 aliphatic heterocycles. The van der Waals surface area contributed by atoms with Crippen molar-refractivity contribution < 1.29 is 4.79 Å². The standard InChI is InChI=1S/C9H18N2OS/c1-9(2,6-10)8(12)11-7-3-4-13-5-7/h7H,3-6,10H2,1-2H3,(H,11,12). The lowest BCUT2D eigenvalue weighted by Crippen LogP contribution is -2.46. The summed E-state index contributed by atoms with van der Waals surface area (Å²) in [6, 6.07) is 0.364. The van der Waals surface area contributed by atoms with Gasteiger partial charge < -0.3 is 11.1 Å². The van der Waals surface area contributed by atoms with E-state index in [0.717, 1.165) is 17.9 Å². The Kier molecular flexibility index (Phi) is 3.62. The summed E-state index contributed by atoms with van der Waals surface area (Å²) in [7, 11) is 0. The van der Waals surface area contributed by atoms with E-state index in [1.165, 1.54) is 0 Å². The maximum absolute atomic E-state index is 11.7. The molecule has 0 aliphatic carbocycles. The van der Waals surface area contributed by atoms with Crippen molar-refractivity contribution in [1.29, 1.82) is 0 Å². The minimum absolute atomic E-state index is 0.0856. The smallest absolute Gasteiger partial charge is 0.227 e. The number of hydrogen-bond acceptors (Lipinski definition) is 3. The van der Waals surface area contributed by atoms with Crippen LogP contribution < -0.4 is 11.1 Å². The van der Waals surface area contributed by atoms with E-state index < -0.39 is 5.41 Å². The fourth-order valence-electron chi connectivity index (χ4n) is 1.12. The molecule has 0 spiro atoms. The summed E-state index contributed by atoms with van der Waals surface area (Å²) in [6.07, 6.45) is 1.09. The molecule has 0 aromatic carbocycles. The molecule has 4 heteroatoms. The van der Waals surface area contributed by atoms with Crippen LogP contribution >= 0.6 is 11.8 Å². The van der Waals surface area contributed by atoms with Crippen LogP contribution in [0.25, 0.3) is 0 Å². The molecule has 1 amide bonds. The second kappa shape index (κ2) is 4.33. The first-order valence-corrected chi connectivity index (χ1v) is 5.80. The number of rotatable bonds is 3. The van der Waals surface area contributed by atoms with Crippen LogP contribution in [-0.2, 0) is 4.79 Å². The van der Waals surface area contributed by atoms with Crippen molar-refractivity contribution in [2.24, 2.45) is 11.1 Å².